The van der Waals surface area contributed by atoms with Crippen LogP contribution >= 0.6 is 11.3 Å². The van der Waals surface area contributed by atoms with E-state index in [4.69, 9.17) is 4.74 Å². The van der Waals surface area contributed by atoms with Gasteiger partial charge in [0.05, 0.1) is 12.3 Å². The van der Waals surface area contributed by atoms with Gasteiger partial charge in [0.2, 0.25) is 0 Å². The molecule has 114 valence electrons. The van der Waals surface area contributed by atoms with E-state index in [1.807, 2.05) is 12.3 Å². The number of hydrogen-bond acceptors (Lipinski definition) is 6. The lowest BCUT2D eigenvalue weighted by Gasteiger charge is -2.19. The van der Waals surface area contributed by atoms with Crippen LogP contribution < -0.4 is 5.32 Å². The minimum absolute atomic E-state index is 0.274. The van der Waals surface area contributed by atoms with Crippen molar-refractivity contribution in [3.8, 4) is 0 Å². The van der Waals surface area contributed by atoms with E-state index in [2.05, 4.69) is 10.3 Å². The number of aromatic nitrogens is 1. The van der Waals surface area contributed by atoms with Crippen LogP contribution in [0.25, 0.3) is 0 Å². The monoisotopic (exact) mass is 318 g/mol. The molecule has 0 aliphatic rings. The first-order valence-electron chi connectivity index (χ1n) is 6.63. The molecular weight excluding hydrogens is 296 g/mol. The fourth-order valence-corrected chi connectivity index (χ4v) is 3.00. The normalized spacial score (nSPS) is 13.0. The molecule has 1 rings (SSSR count). The predicted octanol–water partition coefficient (Wildman–Crippen LogP) is 2.16. The summed E-state index contributed by atoms with van der Waals surface area (Å²) in [6.45, 7) is 8.27. The Morgan fingerprint density at radius 2 is 2.20 bits per heavy atom. The van der Waals surface area contributed by atoms with Gasteiger partial charge in [-0.15, -0.1) is 11.3 Å². The number of thiazole rings is 1. The number of anilines is 1. The first kappa shape index (κ1) is 17.1. The second-order valence-corrected chi connectivity index (χ2v) is 7.47. The van der Waals surface area contributed by atoms with Crippen molar-refractivity contribution in [2.45, 2.75) is 33.1 Å². The van der Waals surface area contributed by atoms with Crippen LogP contribution in [0.3, 0.4) is 0 Å². The molecule has 7 heteroatoms. The highest BCUT2D eigenvalue weighted by molar-refractivity contribution is 7.84. The third-order valence-electron chi connectivity index (χ3n) is 2.86. The van der Waals surface area contributed by atoms with Gasteiger partial charge in [0.15, 0.2) is 5.13 Å². The molecule has 0 aliphatic carbocycles. The van der Waals surface area contributed by atoms with Crippen LogP contribution in [0, 0.1) is 0 Å². The van der Waals surface area contributed by atoms with E-state index in [9.17, 15) is 9.00 Å². The molecule has 0 spiro atoms. The lowest BCUT2D eigenvalue weighted by Crippen LogP contribution is -2.31. The molecule has 1 heterocycles. The Hall–Kier alpha value is -0.950. The van der Waals surface area contributed by atoms with E-state index in [1.54, 1.807) is 20.8 Å². The number of rotatable bonds is 8. The second-order valence-electron chi connectivity index (χ2n) is 4.74. The molecule has 0 saturated carbocycles. The third-order valence-corrected chi connectivity index (χ3v) is 4.96. The van der Waals surface area contributed by atoms with E-state index >= 15 is 0 Å². The molecule has 0 bridgehead atoms. The molecular formula is C13H22N2O3S2. The summed E-state index contributed by atoms with van der Waals surface area (Å²) in [5.41, 5.74) is -0.0568. The molecule has 1 aromatic rings. The van der Waals surface area contributed by atoms with Crippen molar-refractivity contribution < 1.29 is 13.7 Å². The molecule has 0 aromatic carbocycles. The van der Waals surface area contributed by atoms with Crippen LogP contribution in [-0.2, 0) is 25.7 Å². The van der Waals surface area contributed by atoms with Gasteiger partial charge in [-0.1, -0.05) is 6.92 Å². The largest absolute Gasteiger partial charge is 0.465 e. The van der Waals surface area contributed by atoms with E-state index < -0.39 is 16.2 Å². The van der Waals surface area contributed by atoms with Crippen LogP contribution in [0.2, 0.25) is 0 Å². The van der Waals surface area contributed by atoms with E-state index in [-0.39, 0.29) is 5.97 Å². The van der Waals surface area contributed by atoms with Gasteiger partial charge in [-0.25, -0.2) is 4.98 Å². The standard InChI is InChI=1S/C13H22N2O3S2/c1-5-18-11(16)13(3,4)10-9-19-12(15-10)14-7-8-20(17)6-2/h9H,5-8H2,1-4H3,(H,14,15). The molecule has 1 atom stereocenters. The Morgan fingerprint density at radius 1 is 1.50 bits per heavy atom. The van der Waals surface area contributed by atoms with Gasteiger partial charge in [-0.2, -0.15) is 0 Å². The van der Waals surface area contributed by atoms with Gasteiger partial charge in [0.1, 0.15) is 5.41 Å². The highest BCUT2D eigenvalue weighted by Gasteiger charge is 2.33. The minimum atomic E-state index is -0.781. The summed E-state index contributed by atoms with van der Waals surface area (Å²) in [4.78, 5) is 16.3. The fourth-order valence-electron chi connectivity index (χ4n) is 1.47. The van der Waals surface area contributed by atoms with Gasteiger partial charge < -0.3 is 10.1 Å². The van der Waals surface area contributed by atoms with Crippen LogP contribution in [0.4, 0.5) is 5.13 Å². The van der Waals surface area contributed by atoms with Crippen LogP contribution in [0.15, 0.2) is 5.38 Å². The quantitative estimate of drug-likeness (QED) is 0.744. The molecule has 0 fully saturated rings. The van der Waals surface area contributed by atoms with Gasteiger partial charge in [-0.05, 0) is 20.8 Å². The lowest BCUT2D eigenvalue weighted by atomic mass is 9.90. The van der Waals surface area contributed by atoms with Crippen LogP contribution in [0.1, 0.15) is 33.4 Å². The second kappa shape index (κ2) is 7.73. The number of hydrogen-bond donors (Lipinski definition) is 1. The smallest absolute Gasteiger partial charge is 0.317 e. The van der Waals surface area contributed by atoms with Crippen molar-refractivity contribution in [3.63, 3.8) is 0 Å². The SMILES string of the molecule is CCOC(=O)C(C)(C)c1csc(NCCS(=O)CC)n1. The summed E-state index contributed by atoms with van der Waals surface area (Å²) in [7, 11) is -0.781. The predicted molar refractivity (Wildman–Crippen MR) is 83.8 cm³/mol. The third kappa shape index (κ3) is 4.56. The Kier molecular flexibility index (Phi) is 6.61. The van der Waals surface area contributed by atoms with E-state index in [1.165, 1.54) is 11.3 Å². The summed E-state index contributed by atoms with van der Waals surface area (Å²) >= 11 is 1.44. The highest BCUT2D eigenvalue weighted by Crippen LogP contribution is 2.28. The maximum Gasteiger partial charge on any atom is 0.317 e. The molecule has 5 nitrogen and oxygen atoms in total. The average Bonchev–Trinajstić information content (AvgIpc) is 2.88. The summed E-state index contributed by atoms with van der Waals surface area (Å²) in [5.74, 6) is 0.997. The molecule has 1 N–H and O–H groups in total. The van der Waals surface area contributed by atoms with Crippen molar-refractivity contribution in [1.82, 2.24) is 4.98 Å². The maximum absolute atomic E-state index is 11.9. The lowest BCUT2D eigenvalue weighted by molar-refractivity contribution is -0.148. The zero-order chi connectivity index (χ0) is 15.2. The van der Waals surface area contributed by atoms with Crippen molar-refractivity contribution in [1.29, 1.82) is 0 Å². The van der Waals surface area contributed by atoms with Crippen molar-refractivity contribution in [2.75, 3.05) is 30.0 Å². The summed E-state index contributed by atoms with van der Waals surface area (Å²) in [6, 6.07) is 0. The molecule has 20 heavy (non-hydrogen) atoms. The Labute approximate surface area is 126 Å². The number of ether oxygens (including phenoxy) is 1. The van der Waals surface area contributed by atoms with Crippen molar-refractivity contribution in [2.24, 2.45) is 0 Å². The molecule has 0 amide bonds. The van der Waals surface area contributed by atoms with Crippen molar-refractivity contribution in [3.05, 3.63) is 11.1 Å². The highest BCUT2D eigenvalue weighted by atomic mass is 32.2. The molecule has 0 radical (unpaired) electrons. The molecule has 1 unspecified atom stereocenters. The number of carbonyl (C=O) groups is 1. The topological polar surface area (TPSA) is 68.3 Å². The van der Waals surface area contributed by atoms with Gasteiger partial charge in [0.25, 0.3) is 0 Å². The number of nitrogens with one attached hydrogen (secondary N) is 1. The Morgan fingerprint density at radius 3 is 2.80 bits per heavy atom. The Balaban J connectivity index is 2.62. The first-order valence-corrected chi connectivity index (χ1v) is 9.00. The average molecular weight is 318 g/mol. The number of carbonyl (C=O) groups excluding carboxylic acids is 1. The molecule has 1 aromatic heterocycles. The zero-order valence-corrected chi connectivity index (χ0v) is 14.0. The summed E-state index contributed by atoms with van der Waals surface area (Å²) in [5, 5.41) is 5.73. The first-order chi connectivity index (χ1) is 9.41. The fraction of sp³-hybridized carbons (Fsp3) is 0.692. The summed E-state index contributed by atoms with van der Waals surface area (Å²) < 4.78 is 16.4. The number of nitrogens with zero attached hydrogens (tertiary/aromatic N) is 1. The zero-order valence-electron chi connectivity index (χ0n) is 12.4. The number of esters is 1. The van der Waals surface area contributed by atoms with Gasteiger partial charge in [-0.3, -0.25) is 9.00 Å². The maximum atomic E-state index is 11.9. The van der Waals surface area contributed by atoms with Crippen LogP contribution in [-0.4, -0.2) is 39.8 Å². The summed E-state index contributed by atoms with van der Waals surface area (Å²) in [6.07, 6.45) is 0. The van der Waals surface area contributed by atoms with E-state index in [0.717, 1.165) is 5.13 Å². The van der Waals surface area contributed by atoms with Gasteiger partial charge in [0, 0.05) is 34.2 Å². The van der Waals surface area contributed by atoms with Crippen LogP contribution in [0.5, 0.6) is 0 Å². The van der Waals surface area contributed by atoms with Crippen molar-refractivity contribution >= 4 is 33.2 Å². The van der Waals surface area contributed by atoms with E-state index in [0.29, 0.717) is 30.4 Å². The molecule has 0 saturated heterocycles. The minimum Gasteiger partial charge on any atom is -0.465 e. The molecule has 0 aliphatic heterocycles. The Bertz CT molecular complexity index is 472. The van der Waals surface area contributed by atoms with Gasteiger partial charge >= 0.3 is 5.97 Å².